The van der Waals surface area contributed by atoms with Crippen molar-refractivity contribution in [3.8, 4) is 0 Å². The lowest BCUT2D eigenvalue weighted by atomic mass is 10.5. The summed E-state index contributed by atoms with van der Waals surface area (Å²) < 4.78 is 4.83. The van der Waals surface area contributed by atoms with Crippen molar-refractivity contribution in [2.45, 2.75) is 25.6 Å². The average Bonchev–Trinajstić information content (AvgIpc) is 1.96. The van der Waals surface area contributed by atoms with Crippen LogP contribution < -0.4 is 0 Å². The molecule has 0 aliphatic rings. The highest BCUT2D eigenvalue weighted by Gasteiger charge is 2.14. The van der Waals surface area contributed by atoms with Crippen molar-refractivity contribution in [2.24, 2.45) is 0 Å². The summed E-state index contributed by atoms with van der Waals surface area (Å²) in [5.41, 5.74) is 0. The molecule has 0 unspecified atom stereocenters. The number of hydrogen-bond acceptors (Lipinski definition) is 2. The highest BCUT2D eigenvalue weighted by Crippen LogP contribution is 2.18. The number of rotatable bonds is 5. The van der Waals surface area contributed by atoms with Crippen molar-refractivity contribution in [2.75, 3.05) is 6.61 Å². The van der Waals surface area contributed by atoms with E-state index in [9.17, 15) is 4.79 Å². The van der Waals surface area contributed by atoms with Gasteiger partial charge in [0.25, 0.3) is 0 Å². The van der Waals surface area contributed by atoms with Gasteiger partial charge >= 0.3 is 5.97 Å². The summed E-state index contributed by atoms with van der Waals surface area (Å²) in [6, 6.07) is 1.12. The molecule has 0 saturated heterocycles. The van der Waals surface area contributed by atoms with Crippen LogP contribution in [0.1, 0.15) is 6.42 Å². The van der Waals surface area contributed by atoms with Gasteiger partial charge in [0.05, 0.1) is 6.61 Å². The van der Waals surface area contributed by atoms with Crippen LogP contribution in [0, 0.1) is 0 Å². The van der Waals surface area contributed by atoms with Crippen LogP contribution in [0.4, 0.5) is 0 Å². The molecule has 0 rings (SSSR count). The molecule has 0 N–H and O–H groups in total. The lowest BCUT2D eigenvalue weighted by Gasteiger charge is -2.12. The van der Waals surface area contributed by atoms with Gasteiger partial charge in [-0.1, -0.05) is 19.7 Å². The predicted octanol–water partition coefficient (Wildman–Crippen LogP) is 2.71. The third-order valence-corrected chi connectivity index (χ3v) is 4.06. The molecule has 70 valence electrons. The second kappa shape index (κ2) is 5.53. The van der Waals surface area contributed by atoms with E-state index in [4.69, 9.17) is 4.74 Å². The highest BCUT2D eigenvalue weighted by atomic mass is 79.9. The Kier molecular flexibility index (Phi) is 5.49. The second-order valence-corrected chi connectivity index (χ2v) is 13.6. The molecule has 0 spiro atoms. The van der Waals surface area contributed by atoms with Crippen molar-refractivity contribution < 1.29 is 9.53 Å². The SMILES string of the molecule is C=CC(=O)OCCC[Si](C)(C)Br. The molecule has 4 heteroatoms. The van der Waals surface area contributed by atoms with E-state index in [2.05, 4.69) is 35.0 Å². The maximum absolute atomic E-state index is 10.6. The molecule has 0 saturated carbocycles. The summed E-state index contributed by atoms with van der Waals surface area (Å²) in [7, 11) is 0. The third-order valence-electron chi connectivity index (χ3n) is 1.33. The Morgan fingerprint density at radius 1 is 1.67 bits per heavy atom. The molecule has 0 aliphatic carbocycles. The lowest BCUT2D eigenvalue weighted by molar-refractivity contribution is -0.137. The zero-order valence-electron chi connectivity index (χ0n) is 7.60. The van der Waals surface area contributed by atoms with Crippen molar-refractivity contribution in [3.63, 3.8) is 0 Å². The molecule has 0 radical (unpaired) electrons. The van der Waals surface area contributed by atoms with Crippen LogP contribution in [0.25, 0.3) is 0 Å². The van der Waals surface area contributed by atoms with E-state index in [-0.39, 0.29) is 5.97 Å². The van der Waals surface area contributed by atoms with Gasteiger partial charge < -0.3 is 4.74 Å². The minimum atomic E-state index is -1.14. The number of carbonyl (C=O) groups excluding carboxylic acids is 1. The minimum absolute atomic E-state index is 0.330. The van der Waals surface area contributed by atoms with Gasteiger partial charge in [-0.3, -0.25) is 0 Å². The van der Waals surface area contributed by atoms with Crippen LogP contribution in [-0.4, -0.2) is 19.3 Å². The Bertz CT molecular complexity index is 163. The van der Waals surface area contributed by atoms with Gasteiger partial charge in [-0.2, -0.15) is 0 Å². The molecule has 0 fully saturated rings. The quantitative estimate of drug-likeness (QED) is 0.247. The van der Waals surface area contributed by atoms with Gasteiger partial charge in [0.1, 0.15) is 6.69 Å². The number of ether oxygens (including phenoxy) is 1. The largest absolute Gasteiger partial charge is 0.463 e. The van der Waals surface area contributed by atoms with Crippen molar-refractivity contribution in [1.29, 1.82) is 0 Å². The van der Waals surface area contributed by atoms with Crippen LogP contribution in [0.5, 0.6) is 0 Å². The molecular formula is C8H15BrO2Si. The minimum Gasteiger partial charge on any atom is -0.463 e. The summed E-state index contributed by atoms with van der Waals surface area (Å²) in [4.78, 5) is 10.6. The van der Waals surface area contributed by atoms with Crippen LogP contribution in [-0.2, 0) is 9.53 Å². The average molecular weight is 251 g/mol. The summed E-state index contributed by atoms with van der Waals surface area (Å²) in [5, 5.41) is 0. The van der Waals surface area contributed by atoms with E-state index in [1.54, 1.807) is 0 Å². The van der Waals surface area contributed by atoms with Crippen molar-refractivity contribution in [3.05, 3.63) is 12.7 Å². The maximum Gasteiger partial charge on any atom is 0.330 e. The molecule has 2 nitrogen and oxygen atoms in total. The summed E-state index contributed by atoms with van der Waals surface area (Å²) >= 11 is 3.64. The Balaban J connectivity index is 3.34. The first kappa shape index (κ1) is 11.9. The van der Waals surface area contributed by atoms with E-state index >= 15 is 0 Å². The Labute approximate surface area is 82.6 Å². The zero-order valence-corrected chi connectivity index (χ0v) is 10.2. The van der Waals surface area contributed by atoms with Gasteiger partial charge in [-0.25, -0.2) is 4.79 Å². The number of carbonyl (C=O) groups is 1. The normalized spacial score (nSPS) is 10.9. The second-order valence-electron chi connectivity index (χ2n) is 3.19. The van der Waals surface area contributed by atoms with Gasteiger partial charge in [0, 0.05) is 6.08 Å². The smallest absolute Gasteiger partial charge is 0.330 e. The third kappa shape index (κ3) is 8.01. The van der Waals surface area contributed by atoms with E-state index in [0.717, 1.165) is 12.5 Å². The predicted molar refractivity (Wildman–Crippen MR) is 57.0 cm³/mol. The number of hydrogen-bond donors (Lipinski definition) is 0. The first-order chi connectivity index (χ1) is 5.45. The fourth-order valence-electron chi connectivity index (χ4n) is 0.724. The monoisotopic (exact) mass is 250 g/mol. The topological polar surface area (TPSA) is 26.3 Å². The zero-order chi connectivity index (χ0) is 9.61. The molecule has 0 heterocycles. The molecule has 0 aromatic heterocycles. The fraction of sp³-hybridized carbons (Fsp3) is 0.625. The molecule has 12 heavy (non-hydrogen) atoms. The summed E-state index contributed by atoms with van der Waals surface area (Å²) in [6.45, 7) is 7.12. The van der Waals surface area contributed by atoms with Gasteiger partial charge in [0.15, 0.2) is 0 Å². The number of halogens is 1. The van der Waals surface area contributed by atoms with E-state index in [0.29, 0.717) is 6.61 Å². The summed E-state index contributed by atoms with van der Waals surface area (Å²) in [5.74, 6) is -0.330. The fourth-order valence-corrected chi connectivity index (χ4v) is 2.55. The van der Waals surface area contributed by atoms with Crippen molar-refractivity contribution in [1.82, 2.24) is 0 Å². The molecular weight excluding hydrogens is 236 g/mol. The Hall–Kier alpha value is -0.0931. The molecule has 0 aromatic rings. The van der Waals surface area contributed by atoms with E-state index in [1.807, 2.05) is 0 Å². The maximum atomic E-state index is 10.6. The first-order valence-corrected chi connectivity index (χ1v) is 9.40. The van der Waals surface area contributed by atoms with Crippen molar-refractivity contribution >= 4 is 28.0 Å². The van der Waals surface area contributed by atoms with E-state index in [1.165, 1.54) is 6.08 Å². The van der Waals surface area contributed by atoms with Crippen LogP contribution >= 0.6 is 15.3 Å². The molecule has 0 aromatic carbocycles. The molecule has 0 atom stereocenters. The van der Waals surface area contributed by atoms with Crippen LogP contribution in [0.15, 0.2) is 12.7 Å². The molecule has 0 amide bonds. The first-order valence-electron chi connectivity index (χ1n) is 3.94. The Morgan fingerprint density at radius 2 is 2.25 bits per heavy atom. The van der Waals surface area contributed by atoms with Gasteiger partial charge in [0.2, 0.25) is 0 Å². The van der Waals surface area contributed by atoms with Gasteiger partial charge in [-0.15, -0.1) is 15.3 Å². The van der Waals surface area contributed by atoms with Crippen LogP contribution in [0.3, 0.4) is 0 Å². The van der Waals surface area contributed by atoms with Gasteiger partial charge in [-0.05, 0) is 12.5 Å². The number of esters is 1. The highest BCUT2D eigenvalue weighted by molar-refractivity contribution is 9.26. The lowest BCUT2D eigenvalue weighted by Crippen LogP contribution is -2.16. The molecule has 0 aliphatic heterocycles. The Morgan fingerprint density at radius 3 is 2.67 bits per heavy atom. The van der Waals surface area contributed by atoms with E-state index < -0.39 is 6.69 Å². The molecule has 0 bridgehead atoms. The standard InChI is InChI=1S/C8H15BrO2Si/c1-4-8(10)11-6-5-7-12(2,3)9/h4H,1,5-7H2,2-3H3. The van der Waals surface area contributed by atoms with Crippen LogP contribution in [0.2, 0.25) is 19.1 Å². The summed E-state index contributed by atoms with van der Waals surface area (Å²) in [6.07, 6.45) is 2.13.